The Hall–Kier alpha value is -2.60. The quantitative estimate of drug-likeness (QED) is 0.849. The Kier molecular flexibility index (Phi) is 5.18. The number of nitrogens with one attached hydrogen (secondary N) is 1. The summed E-state index contributed by atoms with van der Waals surface area (Å²) in [4.78, 5) is 15.7. The number of halogens is 3. The van der Waals surface area contributed by atoms with Gasteiger partial charge < -0.3 is 10.1 Å². The van der Waals surface area contributed by atoms with Crippen LogP contribution in [0.5, 0.6) is 5.75 Å². The lowest BCUT2D eigenvalue weighted by Crippen LogP contribution is -2.25. The van der Waals surface area contributed by atoms with Crippen molar-refractivity contribution < 1.29 is 22.7 Å². The van der Waals surface area contributed by atoms with Crippen LogP contribution in [-0.4, -0.2) is 23.8 Å². The lowest BCUT2D eigenvalue weighted by Gasteiger charge is -2.08. The molecule has 1 amide bonds. The second-order valence-electron chi connectivity index (χ2n) is 4.33. The van der Waals surface area contributed by atoms with Gasteiger partial charge in [0.1, 0.15) is 17.3 Å². The zero-order valence-electron chi connectivity index (χ0n) is 11.6. The van der Waals surface area contributed by atoms with Crippen molar-refractivity contribution in [1.29, 1.82) is 5.26 Å². The molecule has 1 N–H and O–H groups in total. The molecule has 2 aromatic rings. The number of thiazole rings is 1. The van der Waals surface area contributed by atoms with Crippen LogP contribution < -0.4 is 10.1 Å². The molecule has 0 radical (unpaired) electrons. The van der Waals surface area contributed by atoms with Crippen LogP contribution in [0.25, 0.3) is 10.6 Å². The molecule has 0 aliphatic rings. The summed E-state index contributed by atoms with van der Waals surface area (Å²) in [5, 5.41) is 13.0. The van der Waals surface area contributed by atoms with Gasteiger partial charge in [0.15, 0.2) is 0 Å². The second-order valence-corrected chi connectivity index (χ2v) is 5.19. The van der Waals surface area contributed by atoms with Crippen LogP contribution in [-0.2, 0) is 11.2 Å². The molecule has 0 atom stereocenters. The summed E-state index contributed by atoms with van der Waals surface area (Å²) in [6.45, 7) is -0.0729. The number of benzene rings is 1. The highest BCUT2D eigenvalue weighted by Crippen LogP contribution is 2.28. The number of carbonyl (C=O) groups is 1. The molecule has 1 aromatic carbocycles. The topological polar surface area (TPSA) is 75.0 Å². The third-order valence-corrected chi connectivity index (χ3v) is 3.53. The van der Waals surface area contributed by atoms with E-state index in [-0.39, 0.29) is 24.6 Å². The van der Waals surface area contributed by atoms with Gasteiger partial charge in [-0.25, -0.2) is 4.98 Å². The van der Waals surface area contributed by atoms with Crippen LogP contribution >= 0.6 is 11.3 Å². The number of amides is 1. The maximum atomic E-state index is 12.1. The predicted octanol–water partition coefficient (Wildman–Crippen LogP) is 2.89. The summed E-state index contributed by atoms with van der Waals surface area (Å²) in [5.41, 5.74) is 1.14. The molecule has 1 aromatic heterocycles. The molecule has 0 bridgehead atoms. The molecule has 5 nitrogen and oxygen atoms in total. The molecule has 23 heavy (non-hydrogen) atoms. The molecule has 0 saturated heterocycles. The van der Waals surface area contributed by atoms with E-state index in [9.17, 15) is 18.0 Å². The molecule has 2 rings (SSSR count). The second kappa shape index (κ2) is 7.11. The molecule has 9 heteroatoms. The average molecular weight is 341 g/mol. The third-order valence-electron chi connectivity index (χ3n) is 2.59. The lowest BCUT2D eigenvalue weighted by atomic mass is 10.2. The summed E-state index contributed by atoms with van der Waals surface area (Å²) in [6.07, 6.45) is -4.69. The first-order valence-corrected chi connectivity index (χ1v) is 7.19. The number of hydrogen-bond donors (Lipinski definition) is 1. The minimum atomic E-state index is -4.73. The maximum absolute atomic E-state index is 12.1. The Morgan fingerprint density at radius 2 is 2.04 bits per heavy atom. The van der Waals surface area contributed by atoms with Gasteiger partial charge in [0, 0.05) is 10.9 Å². The minimum Gasteiger partial charge on any atom is -0.406 e. The van der Waals surface area contributed by atoms with Gasteiger partial charge in [0.2, 0.25) is 5.91 Å². The number of aromatic nitrogens is 1. The number of carbonyl (C=O) groups excluding carboxylic acids is 1. The maximum Gasteiger partial charge on any atom is 0.573 e. The van der Waals surface area contributed by atoms with Crippen LogP contribution in [0.2, 0.25) is 0 Å². The summed E-state index contributed by atoms with van der Waals surface area (Å²) in [5.74, 6) is -0.633. The lowest BCUT2D eigenvalue weighted by molar-refractivity contribution is -0.274. The average Bonchev–Trinajstić information content (AvgIpc) is 2.92. The van der Waals surface area contributed by atoms with E-state index in [0.717, 1.165) is 0 Å². The third kappa shape index (κ3) is 5.27. The highest BCUT2D eigenvalue weighted by molar-refractivity contribution is 7.13. The number of nitriles is 1. The van der Waals surface area contributed by atoms with E-state index in [1.54, 1.807) is 11.4 Å². The fraction of sp³-hybridized carbons (Fsp3) is 0.214. The predicted molar refractivity (Wildman–Crippen MR) is 76.6 cm³/mol. The summed E-state index contributed by atoms with van der Waals surface area (Å²) >= 11 is 1.27. The van der Waals surface area contributed by atoms with Crippen molar-refractivity contribution in [1.82, 2.24) is 10.3 Å². The fourth-order valence-corrected chi connectivity index (χ4v) is 2.51. The molecule has 0 unspecified atom stereocenters. The van der Waals surface area contributed by atoms with Gasteiger partial charge in [-0.1, -0.05) is 0 Å². The van der Waals surface area contributed by atoms with Crippen molar-refractivity contribution in [3.63, 3.8) is 0 Å². The normalized spacial score (nSPS) is 10.9. The van der Waals surface area contributed by atoms with Crippen LogP contribution in [0, 0.1) is 11.3 Å². The van der Waals surface area contributed by atoms with Crippen LogP contribution in [0.4, 0.5) is 13.2 Å². The Bertz CT molecular complexity index is 720. The van der Waals surface area contributed by atoms with Gasteiger partial charge in [-0.15, -0.1) is 24.5 Å². The van der Waals surface area contributed by atoms with E-state index < -0.39 is 6.36 Å². The van der Waals surface area contributed by atoms with Gasteiger partial charge in [-0.05, 0) is 24.3 Å². The molecular weight excluding hydrogens is 331 g/mol. The van der Waals surface area contributed by atoms with Crippen molar-refractivity contribution in [2.24, 2.45) is 0 Å². The van der Waals surface area contributed by atoms with Crippen LogP contribution in [0.3, 0.4) is 0 Å². The zero-order chi connectivity index (χ0) is 16.9. The van der Waals surface area contributed by atoms with Crippen LogP contribution in [0.15, 0.2) is 29.6 Å². The van der Waals surface area contributed by atoms with Gasteiger partial charge in [0.25, 0.3) is 0 Å². The molecule has 0 saturated carbocycles. The SMILES string of the molecule is N#CCNC(=O)Cc1csc(-c2ccc(OC(F)(F)F)cc2)n1. The number of ether oxygens (including phenoxy) is 1. The fourth-order valence-electron chi connectivity index (χ4n) is 1.69. The Labute approximate surface area is 133 Å². The number of rotatable bonds is 5. The molecule has 1 heterocycles. The van der Waals surface area contributed by atoms with Crippen molar-refractivity contribution in [2.45, 2.75) is 12.8 Å². The van der Waals surface area contributed by atoms with Gasteiger partial charge in [-0.2, -0.15) is 5.26 Å². The van der Waals surface area contributed by atoms with Gasteiger partial charge >= 0.3 is 6.36 Å². The molecular formula is C14H10F3N3O2S. The molecule has 0 fully saturated rings. The number of hydrogen-bond acceptors (Lipinski definition) is 5. The molecule has 0 spiro atoms. The van der Waals surface area contributed by atoms with Gasteiger partial charge in [0.05, 0.1) is 18.2 Å². The first kappa shape index (κ1) is 16.8. The van der Waals surface area contributed by atoms with E-state index in [2.05, 4.69) is 15.0 Å². The highest BCUT2D eigenvalue weighted by Gasteiger charge is 2.30. The largest absolute Gasteiger partial charge is 0.573 e. The van der Waals surface area contributed by atoms with Crippen molar-refractivity contribution in [3.8, 4) is 22.4 Å². The summed E-state index contributed by atoms with van der Waals surface area (Å²) in [6, 6.07) is 7.11. The summed E-state index contributed by atoms with van der Waals surface area (Å²) in [7, 11) is 0. The van der Waals surface area contributed by atoms with Crippen molar-refractivity contribution >= 4 is 17.2 Å². The smallest absolute Gasteiger partial charge is 0.406 e. The van der Waals surface area contributed by atoms with Gasteiger partial charge in [-0.3, -0.25) is 4.79 Å². The first-order chi connectivity index (χ1) is 10.9. The van der Waals surface area contributed by atoms with E-state index >= 15 is 0 Å². The Morgan fingerprint density at radius 3 is 2.65 bits per heavy atom. The Balaban J connectivity index is 2.03. The van der Waals surface area contributed by atoms with E-state index in [0.29, 0.717) is 16.3 Å². The monoisotopic (exact) mass is 341 g/mol. The molecule has 0 aliphatic carbocycles. The van der Waals surface area contributed by atoms with Crippen LogP contribution in [0.1, 0.15) is 5.69 Å². The highest BCUT2D eigenvalue weighted by atomic mass is 32.1. The number of alkyl halides is 3. The minimum absolute atomic E-state index is 0.0352. The number of nitrogens with zero attached hydrogens (tertiary/aromatic N) is 2. The summed E-state index contributed by atoms with van der Waals surface area (Å²) < 4.78 is 40.1. The van der Waals surface area contributed by atoms with Crippen molar-refractivity contribution in [2.75, 3.05) is 6.54 Å². The standard InChI is InChI=1S/C14H10F3N3O2S/c15-14(16,17)22-11-3-1-9(2-4-11)13-20-10(8-23-13)7-12(21)19-6-5-18/h1-4,8H,6-7H2,(H,19,21). The first-order valence-electron chi connectivity index (χ1n) is 6.31. The molecule has 120 valence electrons. The van der Waals surface area contributed by atoms with Crippen molar-refractivity contribution in [3.05, 3.63) is 35.3 Å². The van der Waals surface area contributed by atoms with E-state index in [1.165, 1.54) is 35.6 Å². The molecule has 0 aliphatic heterocycles. The van der Waals surface area contributed by atoms with E-state index in [4.69, 9.17) is 5.26 Å². The van der Waals surface area contributed by atoms with E-state index in [1.807, 2.05) is 0 Å². The zero-order valence-corrected chi connectivity index (χ0v) is 12.4. The Morgan fingerprint density at radius 1 is 1.35 bits per heavy atom.